The third-order valence-corrected chi connectivity index (χ3v) is 7.08. The molecular formula is C28H32N8O3. The van der Waals surface area contributed by atoms with Crippen molar-refractivity contribution in [1.82, 2.24) is 30.0 Å². The zero-order chi connectivity index (χ0) is 27.4. The number of methoxy groups -OCH3 is 1. The van der Waals surface area contributed by atoms with Gasteiger partial charge in [0.15, 0.2) is 5.65 Å². The molecule has 0 saturated carbocycles. The molecule has 0 spiro atoms. The first-order valence-electron chi connectivity index (χ1n) is 13.0. The van der Waals surface area contributed by atoms with E-state index >= 15 is 0 Å². The molecule has 0 aliphatic carbocycles. The lowest BCUT2D eigenvalue weighted by Crippen LogP contribution is -2.44. The van der Waals surface area contributed by atoms with Crippen LogP contribution in [-0.2, 0) is 13.1 Å². The number of hydrogen-bond donors (Lipinski definition) is 3. The Kier molecular flexibility index (Phi) is 7.57. The molecule has 0 bridgehead atoms. The molecule has 202 valence electrons. The van der Waals surface area contributed by atoms with E-state index in [4.69, 9.17) is 10.5 Å². The maximum Gasteiger partial charge on any atom is 0.314 e. The van der Waals surface area contributed by atoms with Crippen LogP contribution >= 0.6 is 0 Å². The highest BCUT2D eigenvalue weighted by Crippen LogP contribution is 2.29. The molecule has 4 N–H and O–H groups in total. The first kappa shape index (κ1) is 26.0. The molecule has 4 heterocycles. The van der Waals surface area contributed by atoms with Crippen molar-refractivity contribution in [3.63, 3.8) is 0 Å². The van der Waals surface area contributed by atoms with Crippen molar-refractivity contribution in [2.45, 2.75) is 38.9 Å². The van der Waals surface area contributed by atoms with Crippen LogP contribution in [0.15, 0.2) is 55.0 Å². The summed E-state index contributed by atoms with van der Waals surface area (Å²) in [5.74, 6) is 0.299. The van der Waals surface area contributed by atoms with E-state index in [2.05, 4.69) is 25.7 Å². The molecule has 1 aliphatic heterocycles. The molecule has 3 aromatic heterocycles. The van der Waals surface area contributed by atoms with E-state index in [9.17, 15) is 9.59 Å². The fourth-order valence-corrected chi connectivity index (χ4v) is 4.92. The summed E-state index contributed by atoms with van der Waals surface area (Å²) >= 11 is 0. The number of nitrogens with zero attached hydrogens (tertiary/aromatic N) is 5. The van der Waals surface area contributed by atoms with Crippen LogP contribution in [0.4, 0.5) is 10.5 Å². The number of nitrogens with one attached hydrogen (secondary N) is 2. The summed E-state index contributed by atoms with van der Waals surface area (Å²) in [5.41, 5.74) is 10.2. The average Bonchev–Trinajstić information content (AvgIpc) is 3.40. The number of amides is 3. The van der Waals surface area contributed by atoms with Crippen molar-refractivity contribution in [3.8, 4) is 17.0 Å². The zero-order valence-electron chi connectivity index (χ0n) is 22.1. The van der Waals surface area contributed by atoms with Crippen LogP contribution < -0.4 is 21.1 Å². The minimum Gasteiger partial charge on any atom is -0.481 e. The Labute approximate surface area is 226 Å². The number of benzene rings is 1. The van der Waals surface area contributed by atoms with Gasteiger partial charge in [-0.15, -0.1) is 0 Å². The van der Waals surface area contributed by atoms with Crippen LogP contribution in [0.3, 0.4) is 0 Å². The molecule has 3 amide bonds. The van der Waals surface area contributed by atoms with Gasteiger partial charge in [0.2, 0.25) is 5.88 Å². The number of aryl methyl sites for hydroxylation is 1. The Morgan fingerprint density at radius 3 is 2.56 bits per heavy atom. The van der Waals surface area contributed by atoms with Crippen molar-refractivity contribution in [3.05, 3.63) is 66.1 Å². The van der Waals surface area contributed by atoms with Crippen molar-refractivity contribution in [2.75, 3.05) is 25.5 Å². The molecule has 1 fully saturated rings. The van der Waals surface area contributed by atoms with Crippen LogP contribution in [0.1, 0.15) is 35.7 Å². The number of carbonyl (C=O) groups is 2. The number of carbonyl (C=O) groups excluding carboxylic acids is 2. The molecule has 0 radical (unpaired) electrons. The lowest BCUT2D eigenvalue weighted by Gasteiger charge is -2.32. The number of piperidine rings is 1. The predicted octanol–water partition coefficient (Wildman–Crippen LogP) is 3.41. The normalized spacial score (nSPS) is 13.8. The van der Waals surface area contributed by atoms with Crippen molar-refractivity contribution in [2.24, 2.45) is 5.73 Å². The van der Waals surface area contributed by atoms with Gasteiger partial charge in [0.05, 0.1) is 29.9 Å². The number of fused-ring (bicyclic) bond motifs is 1. The Hall–Kier alpha value is -4.67. The van der Waals surface area contributed by atoms with Crippen LogP contribution in [0.25, 0.3) is 22.2 Å². The molecule has 1 saturated heterocycles. The lowest BCUT2D eigenvalue weighted by molar-refractivity contribution is 0.0951. The summed E-state index contributed by atoms with van der Waals surface area (Å²) in [7, 11) is 1.58. The van der Waals surface area contributed by atoms with Crippen LogP contribution in [-0.4, -0.2) is 62.8 Å². The van der Waals surface area contributed by atoms with E-state index in [0.717, 1.165) is 34.9 Å². The Bertz CT molecular complexity index is 1480. The number of anilines is 1. The van der Waals surface area contributed by atoms with Gasteiger partial charge in [-0.25, -0.2) is 19.4 Å². The highest BCUT2D eigenvalue weighted by molar-refractivity contribution is 6.06. The number of aromatic nitrogens is 4. The maximum absolute atomic E-state index is 13.6. The summed E-state index contributed by atoms with van der Waals surface area (Å²) in [6, 6.07) is 11.3. The largest absolute Gasteiger partial charge is 0.481 e. The van der Waals surface area contributed by atoms with Crippen molar-refractivity contribution < 1.29 is 14.3 Å². The fourth-order valence-electron chi connectivity index (χ4n) is 4.92. The Morgan fingerprint density at radius 2 is 1.87 bits per heavy atom. The molecule has 1 aromatic carbocycles. The second kappa shape index (κ2) is 11.4. The van der Waals surface area contributed by atoms with Gasteiger partial charge in [0, 0.05) is 56.2 Å². The molecule has 11 heteroatoms. The van der Waals surface area contributed by atoms with Gasteiger partial charge >= 0.3 is 6.03 Å². The van der Waals surface area contributed by atoms with Crippen LogP contribution in [0, 0.1) is 0 Å². The molecule has 39 heavy (non-hydrogen) atoms. The quantitative estimate of drug-likeness (QED) is 0.318. The van der Waals surface area contributed by atoms with Crippen molar-refractivity contribution >= 4 is 28.7 Å². The Balaban J connectivity index is 1.39. The van der Waals surface area contributed by atoms with Crippen molar-refractivity contribution in [1.29, 1.82) is 0 Å². The van der Waals surface area contributed by atoms with Gasteiger partial charge in [-0.1, -0.05) is 24.3 Å². The van der Waals surface area contributed by atoms with Gasteiger partial charge in [-0.3, -0.25) is 4.79 Å². The highest BCUT2D eigenvalue weighted by atomic mass is 16.5. The molecule has 4 aromatic rings. The standard InChI is InChI=1S/C28H32N8O3/c1-3-36-26-22(17-33-36)25(34-20-10-12-35(13-11-20)28(29)38)23(16-31-26)27(37)32-15-18-6-4-5-7-21(18)19-8-9-24(39-2)30-14-19/h4-9,14,16-17,20H,3,10-13,15H2,1-2H3,(H2,29,38)(H,31,34)(H,32,37). The van der Waals surface area contributed by atoms with E-state index in [1.807, 2.05) is 43.3 Å². The van der Waals surface area contributed by atoms with Gasteiger partial charge in [-0.05, 0) is 37.0 Å². The second-order valence-electron chi connectivity index (χ2n) is 9.42. The third-order valence-electron chi connectivity index (χ3n) is 7.08. The smallest absolute Gasteiger partial charge is 0.314 e. The van der Waals surface area contributed by atoms with Gasteiger partial charge in [0.25, 0.3) is 5.91 Å². The number of likely N-dealkylation sites (tertiary alicyclic amines) is 1. The summed E-state index contributed by atoms with van der Waals surface area (Å²) in [6.45, 7) is 4.11. The lowest BCUT2D eigenvalue weighted by atomic mass is 10.0. The first-order valence-corrected chi connectivity index (χ1v) is 13.0. The third kappa shape index (κ3) is 5.47. The van der Waals surface area contributed by atoms with E-state index in [0.29, 0.717) is 49.0 Å². The van der Waals surface area contributed by atoms with E-state index in [-0.39, 0.29) is 11.9 Å². The summed E-state index contributed by atoms with van der Waals surface area (Å²) < 4.78 is 6.98. The molecule has 0 atom stereocenters. The maximum atomic E-state index is 13.6. The molecule has 5 rings (SSSR count). The number of rotatable bonds is 8. The average molecular weight is 529 g/mol. The molecular weight excluding hydrogens is 496 g/mol. The number of hydrogen-bond acceptors (Lipinski definition) is 7. The summed E-state index contributed by atoms with van der Waals surface area (Å²) in [5, 5.41) is 11.9. The predicted molar refractivity (Wildman–Crippen MR) is 148 cm³/mol. The minimum atomic E-state index is -0.408. The monoisotopic (exact) mass is 528 g/mol. The van der Waals surface area contributed by atoms with Gasteiger partial charge in [0.1, 0.15) is 0 Å². The van der Waals surface area contributed by atoms with E-state index in [1.54, 1.807) is 35.3 Å². The van der Waals surface area contributed by atoms with Gasteiger partial charge in [-0.2, -0.15) is 5.10 Å². The number of nitrogens with two attached hydrogens (primary N) is 1. The number of urea groups is 1. The topological polar surface area (TPSA) is 140 Å². The summed E-state index contributed by atoms with van der Waals surface area (Å²) in [6.07, 6.45) is 6.55. The second-order valence-corrected chi connectivity index (χ2v) is 9.42. The molecule has 1 aliphatic rings. The van der Waals surface area contributed by atoms with Gasteiger partial charge < -0.3 is 26.0 Å². The minimum absolute atomic E-state index is 0.0750. The number of primary amides is 1. The number of pyridine rings is 2. The van der Waals surface area contributed by atoms with E-state index < -0.39 is 6.03 Å². The van der Waals surface area contributed by atoms with Crippen LogP contribution in [0.5, 0.6) is 5.88 Å². The highest BCUT2D eigenvalue weighted by Gasteiger charge is 2.25. The van der Waals surface area contributed by atoms with E-state index in [1.165, 1.54) is 0 Å². The SMILES string of the molecule is CCn1ncc2c(NC3CCN(C(N)=O)CC3)c(C(=O)NCc3ccccc3-c3ccc(OC)nc3)cnc21. The molecule has 0 unspecified atom stereocenters. The first-order chi connectivity index (χ1) is 19.0. The molecule has 11 nitrogen and oxygen atoms in total. The fraction of sp³-hybridized carbons (Fsp3) is 0.321. The Morgan fingerprint density at radius 1 is 1.08 bits per heavy atom. The summed E-state index contributed by atoms with van der Waals surface area (Å²) in [4.78, 5) is 35.6. The number of ether oxygens (including phenoxy) is 1. The van der Waals surface area contributed by atoms with Crippen LogP contribution in [0.2, 0.25) is 0 Å². The zero-order valence-corrected chi connectivity index (χ0v) is 22.1.